The number of Topliss-reactive ketones (excluding diaryl/α,β-unsaturated/α-hetero) is 1. The SMILES string of the molecule is COc1cccc(CC(C)=O)c1[N+](=O)[O-]. The lowest BCUT2D eigenvalue weighted by Gasteiger charge is -2.05. The van der Waals surface area contributed by atoms with Crippen molar-refractivity contribution in [3.8, 4) is 5.75 Å². The van der Waals surface area contributed by atoms with Gasteiger partial charge in [-0.1, -0.05) is 12.1 Å². The van der Waals surface area contributed by atoms with E-state index >= 15 is 0 Å². The highest BCUT2D eigenvalue weighted by Gasteiger charge is 2.20. The van der Waals surface area contributed by atoms with E-state index in [1.165, 1.54) is 20.1 Å². The summed E-state index contributed by atoms with van der Waals surface area (Å²) in [5.41, 5.74) is 0.252. The zero-order valence-electron chi connectivity index (χ0n) is 8.52. The third-order valence-electron chi connectivity index (χ3n) is 1.92. The molecule has 1 aromatic carbocycles. The second kappa shape index (κ2) is 4.54. The molecule has 0 atom stereocenters. The Morgan fingerprint density at radius 2 is 2.20 bits per heavy atom. The molecule has 0 saturated carbocycles. The topological polar surface area (TPSA) is 69.4 Å². The first-order chi connectivity index (χ1) is 7.06. The van der Waals surface area contributed by atoms with Crippen molar-refractivity contribution < 1.29 is 14.5 Å². The molecule has 0 fully saturated rings. The number of methoxy groups -OCH3 is 1. The number of nitro groups is 1. The third-order valence-corrected chi connectivity index (χ3v) is 1.92. The second-order valence-electron chi connectivity index (χ2n) is 3.10. The van der Waals surface area contributed by atoms with Crippen molar-refractivity contribution in [1.82, 2.24) is 0 Å². The molecule has 0 bridgehead atoms. The summed E-state index contributed by atoms with van der Waals surface area (Å²) in [5, 5.41) is 10.8. The van der Waals surface area contributed by atoms with Crippen molar-refractivity contribution >= 4 is 11.5 Å². The number of ketones is 1. The average molecular weight is 209 g/mol. The fraction of sp³-hybridized carbons (Fsp3) is 0.300. The first-order valence-electron chi connectivity index (χ1n) is 4.36. The van der Waals surface area contributed by atoms with Crippen LogP contribution in [0.25, 0.3) is 0 Å². The van der Waals surface area contributed by atoms with E-state index in [0.29, 0.717) is 5.56 Å². The summed E-state index contributed by atoms with van der Waals surface area (Å²) >= 11 is 0. The first kappa shape index (κ1) is 11.2. The fourth-order valence-corrected chi connectivity index (χ4v) is 1.35. The van der Waals surface area contributed by atoms with Crippen molar-refractivity contribution in [3.63, 3.8) is 0 Å². The largest absolute Gasteiger partial charge is 0.490 e. The van der Waals surface area contributed by atoms with Crippen LogP contribution in [0.3, 0.4) is 0 Å². The maximum Gasteiger partial charge on any atom is 0.314 e. The van der Waals surface area contributed by atoms with E-state index in [9.17, 15) is 14.9 Å². The molecule has 0 spiro atoms. The molecule has 0 aromatic heterocycles. The highest BCUT2D eigenvalue weighted by atomic mass is 16.6. The van der Waals surface area contributed by atoms with Crippen LogP contribution >= 0.6 is 0 Å². The second-order valence-corrected chi connectivity index (χ2v) is 3.10. The minimum atomic E-state index is -0.531. The smallest absolute Gasteiger partial charge is 0.314 e. The zero-order valence-corrected chi connectivity index (χ0v) is 8.52. The van der Waals surface area contributed by atoms with E-state index in [-0.39, 0.29) is 23.6 Å². The molecule has 1 aromatic rings. The van der Waals surface area contributed by atoms with Crippen molar-refractivity contribution in [1.29, 1.82) is 0 Å². The Labute approximate surface area is 86.8 Å². The van der Waals surface area contributed by atoms with E-state index < -0.39 is 4.92 Å². The minimum absolute atomic E-state index is 0.0491. The van der Waals surface area contributed by atoms with Gasteiger partial charge >= 0.3 is 5.69 Å². The van der Waals surface area contributed by atoms with Crippen molar-refractivity contribution in [2.75, 3.05) is 7.11 Å². The lowest BCUT2D eigenvalue weighted by molar-refractivity contribution is -0.386. The van der Waals surface area contributed by atoms with Gasteiger partial charge in [-0.3, -0.25) is 14.9 Å². The zero-order chi connectivity index (χ0) is 11.4. The van der Waals surface area contributed by atoms with Gasteiger partial charge in [0.05, 0.1) is 12.0 Å². The molecule has 0 heterocycles. The number of para-hydroxylation sites is 1. The number of hydrogen-bond donors (Lipinski definition) is 0. The Morgan fingerprint density at radius 3 is 2.67 bits per heavy atom. The van der Waals surface area contributed by atoms with Crippen LogP contribution in [0.1, 0.15) is 12.5 Å². The van der Waals surface area contributed by atoms with Crippen LogP contribution in [0.2, 0.25) is 0 Å². The molecule has 0 unspecified atom stereocenters. The summed E-state index contributed by atoms with van der Waals surface area (Å²) in [6, 6.07) is 4.69. The highest BCUT2D eigenvalue weighted by Crippen LogP contribution is 2.30. The molecule has 15 heavy (non-hydrogen) atoms. The van der Waals surface area contributed by atoms with Crippen LogP contribution < -0.4 is 4.74 Å². The fourth-order valence-electron chi connectivity index (χ4n) is 1.35. The van der Waals surface area contributed by atoms with Crippen molar-refractivity contribution in [3.05, 3.63) is 33.9 Å². The molecule has 1 rings (SSSR count). The average Bonchev–Trinajstić information content (AvgIpc) is 2.15. The number of nitrogens with zero attached hydrogens (tertiary/aromatic N) is 1. The molecule has 0 amide bonds. The molecule has 5 heteroatoms. The van der Waals surface area contributed by atoms with Crippen LogP contribution in [0.4, 0.5) is 5.69 Å². The monoisotopic (exact) mass is 209 g/mol. The lowest BCUT2D eigenvalue weighted by Crippen LogP contribution is -2.03. The molecule has 0 saturated heterocycles. The van der Waals surface area contributed by atoms with Crippen LogP contribution in [-0.2, 0) is 11.2 Å². The number of hydrogen-bond acceptors (Lipinski definition) is 4. The Balaban J connectivity index is 3.25. The van der Waals surface area contributed by atoms with E-state index in [2.05, 4.69) is 0 Å². The van der Waals surface area contributed by atoms with Gasteiger partial charge in [0.25, 0.3) is 0 Å². The molecule has 0 aliphatic rings. The highest BCUT2D eigenvalue weighted by molar-refractivity contribution is 5.80. The maximum atomic E-state index is 10.9. The molecule has 0 N–H and O–H groups in total. The predicted octanol–water partition coefficient (Wildman–Crippen LogP) is 1.73. The van der Waals surface area contributed by atoms with Gasteiger partial charge in [0.1, 0.15) is 5.78 Å². The Kier molecular flexibility index (Phi) is 3.38. The number of rotatable bonds is 4. The van der Waals surface area contributed by atoms with Crippen molar-refractivity contribution in [2.45, 2.75) is 13.3 Å². The summed E-state index contributed by atoms with van der Waals surface area (Å²) in [6.45, 7) is 1.39. The van der Waals surface area contributed by atoms with Gasteiger partial charge in [0.2, 0.25) is 0 Å². The molecular formula is C10H11NO4. The van der Waals surface area contributed by atoms with E-state index in [1.54, 1.807) is 12.1 Å². The maximum absolute atomic E-state index is 10.9. The van der Waals surface area contributed by atoms with Crippen LogP contribution in [-0.4, -0.2) is 17.8 Å². The Morgan fingerprint density at radius 1 is 1.53 bits per heavy atom. The van der Waals surface area contributed by atoms with Gasteiger partial charge < -0.3 is 4.74 Å². The van der Waals surface area contributed by atoms with E-state index in [1.807, 2.05) is 0 Å². The van der Waals surface area contributed by atoms with Crippen LogP contribution in [0.15, 0.2) is 18.2 Å². The molecule has 80 valence electrons. The summed E-state index contributed by atoms with van der Waals surface area (Å²) < 4.78 is 4.88. The molecular weight excluding hydrogens is 198 g/mol. The van der Waals surface area contributed by atoms with Gasteiger partial charge in [0, 0.05) is 12.0 Å². The Hall–Kier alpha value is -1.91. The summed E-state index contributed by atoms with van der Waals surface area (Å²) in [7, 11) is 1.36. The van der Waals surface area contributed by atoms with Crippen molar-refractivity contribution in [2.24, 2.45) is 0 Å². The third kappa shape index (κ3) is 2.52. The predicted molar refractivity (Wildman–Crippen MR) is 54.0 cm³/mol. The van der Waals surface area contributed by atoms with Crippen LogP contribution in [0.5, 0.6) is 5.75 Å². The molecule has 0 radical (unpaired) electrons. The van der Waals surface area contributed by atoms with Gasteiger partial charge in [-0.2, -0.15) is 0 Å². The number of carbonyl (C=O) groups excluding carboxylic acids is 1. The first-order valence-corrected chi connectivity index (χ1v) is 4.36. The van der Waals surface area contributed by atoms with Gasteiger partial charge in [-0.05, 0) is 13.0 Å². The molecule has 0 aliphatic heterocycles. The van der Waals surface area contributed by atoms with Crippen LogP contribution in [0, 0.1) is 10.1 Å². The van der Waals surface area contributed by atoms with E-state index in [4.69, 9.17) is 4.74 Å². The van der Waals surface area contributed by atoms with Gasteiger partial charge in [-0.15, -0.1) is 0 Å². The van der Waals surface area contributed by atoms with Gasteiger partial charge in [-0.25, -0.2) is 0 Å². The summed E-state index contributed by atoms with van der Waals surface area (Å²) in [4.78, 5) is 21.2. The van der Waals surface area contributed by atoms with Gasteiger partial charge in [0.15, 0.2) is 5.75 Å². The minimum Gasteiger partial charge on any atom is -0.490 e. The number of carbonyl (C=O) groups is 1. The number of nitro benzene ring substituents is 1. The molecule has 5 nitrogen and oxygen atoms in total. The number of benzene rings is 1. The standard InChI is InChI=1S/C10H11NO4/c1-7(12)6-8-4-3-5-9(15-2)10(8)11(13)14/h3-5H,6H2,1-2H3. The lowest BCUT2D eigenvalue weighted by atomic mass is 10.1. The molecule has 0 aliphatic carbocycles. The number of ether oxygens (including phenoxy) is 1. The Bertz CT molecular complexity index is 400. The summed E-state index contributed by atoms with van der Waals surface area (Å²) in [6.07, 6.45) is 0.0491. The summed E-state index contributed by atoms with van der Waals surface area (Å²) in [5.74, 6) is 0.0603. The van der Waals surface area contributed by atoms with E-state index in [0.717, 1.165) is 0 Å². The normalized spacial score (nSPS) is 9.73. The quantitative estimate of drug-likeness (QED) is 0.559.